The van der Waals surface area contributed by atoms with Crippen molar-refractivity contribution in [2.45, 2.75) is 70.8 Å². The predicted octanol–water partition coefficient (Wildman–Crippen LogP) is 4.69. The molecule has 58 heavy (non-hydrogen) atoms. The van der Waals surface area contributed by atoms with Gasteiger partial charge in [-0.25, -0.2) is 4.98 Å². The Morgan fingerprint density at radius 2 is 1.86 bits per heavy atom. The third kappa shape index (κ3) is 9.06. The van der Waals surface area contributed by atoms with E-state index in [1.54, 1.807) is 55.1 Å². The number of benzene rings is 2. The number of alkyl halides is 3. The third-order valence-electron chi connectivity index (χ3n) is 10.5. The molecule has 3 aliphatic heterocycles. The molecule has 3 aromatic rings. The number of nitrogens with one attached hydrogen (secondary N) is 3. The van der Waals surface area contributed by atoms with Gasteiger partial charge in [0.15, 0.2) is 10.8 Å². The zero-order valence-corrected chi connectivity index (χ0v) is 33.3. The van der Waals surface area contributed by atoms with E-state index in [1.165, 1.54) is 6.07 Å². The number of carbonyl (C=O) groups excluding carboxylic acids is 4. The standard InChI is InChI=1S/C40H44F3N9O5S/c1-5-25-17-28(52-38(58)51(37(56)39(52,3)4)29-19-30(40(41,42)43)32(20-44)45-21-29)9-11-33(25)57-16-15-49-13-14-50(24(2)22-49)23-35(54)47-27-8-6-7-26(18-27)46-31-10-12-34(53)48-36(31)55/h6-9,11,17-19,21,24,31,46H,5,10,12-16,22-23H2,1-4H3,(H,47,54)(H,48,53,55)/t24-,31+/m1/s1. The summed E-state index contributed by atoms with van der Waals surface area (Å²) in [4.78, 5) is 61.0. The maximum atomic E-state index is 13.7. The summed E-state index contributed by atoms with van der Waals surface area (Å²) in [5.74, 6) is -0.703. The number of aromatic nitrogens is 1. The molecule has 0 bridgehead atoms. The van der Waals surface area contributed by atoms with E-state index in [4.69, 9.17) is 17.0 Å². The number of pyridine rings is 1. The van der Waals surface area contributed by atoms with Crippen LogP contribution >= 0.6 is 12.2 Å². The van der Waals surface area contributed by atoms with Gasteiger partial charge >= 0.3 is 6.18 Å². The highest BCUT2D eigenvalue weighted by molar-refractivity contribution is 7.81. The van der Waals surface area contributed by atoms with Crippen LogP contribution in [0.4, 0.5) is 35.9 Å². The topological polar surface area (TPSA) is 163 Å². The minimum atomic E-state index is -4.86. The molecule has 3 fully saturated rings. The number of nitrogens with zero attached hydrogens (tertiary/aromatic N) is 6. The first-order valence-electron chi connectivity index (χ1n) is 18.9. The smallest absolute Gasteiger partial charge is 0.419 e. The second-order valence-corrected chi connectivity index (χ2v) is 15.3. The van der Waals surface area contributed by atoms with Crippen molar-refractivity contribution in [2.75, 3.05) is 59.8 Å². The van der Waals surface area contributed by atoms with E-state index in [0.717, 1.165) is 35.8 Å². The number of rotatable bonds is 12. The zero-order chi connectivity index (χ0) is 41.9. The summed E-state index contributed by atoms with van der Waals surface area (Å²) in [6.07, 6.45) is -2.57. The van der Waals surface area contributed by atoms with Crippen LogP contribution in [0.1, 0.15) is 57.4 Å². The van der Waals surface area contributed by atoms with E-state index in [1.807, 2.05) is 13.0 Å². The average molecular weight is 820 g/mol. The van der Waals surface area contributed by atoms with Crippen molar-refractivity contribution in [3.63, 3.8) is 0 Å². The van der Waals surface area contributed by atoms with Crippen molar-refractivity contribution < 1.29 is 37.1 Å². The van der Waals surface area contributed by atoms with Gasteiger partial charge in [-0.05, 0) is 93.9 Å². The summed E-state index contributed by atoms with van der Waals surface area (Å²) >= 11 is 5.68. The molecule has 0 unspecified atom stereocenters. The van der Waals surface area contributed by atoms with Gasteiger partial charge in [0.05, 0.1) is 24.0 Å². The van der Waals surface area contributed by atoms with E-state index in [2.05, 4.69) is 37.7 Å². The Labute approximate surface area is 339 Å². The number of piperidine rings is 1. The fourth-order valence-corrected chi connectivity index (χ4v) is 7.88. The van der Waals surface area contributed by atoms with Gasteiger partial charge in [0, 0.05) is 55.7 Å². The number of carbonyl (C=O) groups is 4. The van der Waals surface area contributed by atoms with Crippen molar-refractivity contribution in [3.8, 4) is 11.8 Å². The summed E-state index contributed by atoms with van der Waals surface area (Å²) in [5, 5.41) is 17.6. The number of imide groups is 1. The normalized spacial score (nSPS) is 20.2. The molecule has 1 aromatic heterocycles. The minimum Gasteiger partial charge on any atom is -0.492 e. The molecule has 0 spiro atoms. The molecule has 306 valence electrons. The Hall–Kier alpha value is -5.64. The summed E-state index contributed by atoms with van der Waals surface area (Å²) in [6, 6.07) is 14.3. The maximum Gasteiger partial charge on any atom is 0.419 e. The van der Waals surface area contributed by atoms with Crippen LogP contribution in [0.5, 0.6) is 5.75 Å². The van der Waals surface area contributed by atoms with Gasteiger partial charge in [0.1, 0.15) is 30.0 Å². The molecule has 4 amide bonds. The molecule has 0 radical (unpaired) electrons. The van der Waals surface area contributed by atoms with E-state index in [9.17, 15) is 37.6 Å². The Morgan fingerprint density at radius 1 is 1.10 bits per heavy atom. The number of anilines is 4. The molecule has 4 heterocycles. The van der Waals surface area contributed by atoms with E-state index >= 15 is 0 Å². The number of thiocarbonyl (C=S) groups is 1. The molecular formula is C40H44F3N9O5S. The monoisotopic (exact) mass is 819 g/mol. The van der Waals surface area contributed by atoms with Gasteiger partial charge in [0.2, 0.25) is 17.7 Å². The fourth-order valence-electron chi connectivity index (χ4n) is 7.36. The van der Waals surface area contributed by atoms with E-state index in [0.29, 0.717) is 55.3 Å². The van der Waals surface area contributed by atoms with E-state index < -0.39 is 34.9 Å². The summed E-state index contributed by atoms with van der Waals surface area (Å²) in [6.45, 7) is 10.7. The highest BCUT2D eigenvalue weighted by Gasteiger charge is 2.51. The number of hydrogen-bond acceptors (Lipinski definition) is 11. The molecule has 18 heteroatoms. The Kier molecular flexibility index (Phi) is 12.4. The first-order chi connectivity index (χ1) is 27.5. The number of aryl methyl sites for hydroxylation is 1. The molecule has 0 aliphatic carbocycles. The number of hydrogen-bond donors (Lipinski definition) is 3. The fraction of sp³-hybridized carbons (Fsp3) is 0.425. The molecule has 2 aromatic carbocycles. The number of halogens is 3. The van der Waals surface area contributed by atoms with Gasteiger partial charge in [-0.3, -0.25) is 39.2 Å². The highest BCUT2D eigenvalue weighted by Crippen LogP contribution is 2.40. The molecule has 0 saturated carbocycles. The number of nitriles is 1. The van der Waals surface area contributed by atoms with Crippen molar-refractivity contribution >= 4 is 63.7 Å². The molecule has 2 atom stereocenters. The summed E-state index contributed by atoms with van der Waals surface area (Å²) in [5.41, 5.74) is -0.816. The van der Waals surface area contributed by atoms with Crippen molar-refractivity contribution in [2.24, 2.45) is 0 Å². The number of ether oxygens (including phenoxy) is 1. The van der Waals surface area contributed by atoms with Crippen molar-refractivity contribution in [1.29, 1.82) is 5.26 Å². The number of piperazine rings is 1. The molecular weight excluding hydrogens is 776 g/mol. The van der Waals surface area contributed by atoms with Crippen LogP contribution in [0.25, 0.3) is 0 Å². The third-order valence-corrected chi connectivity index (χ3v) is 10.8. The van der Waals surface area contributed by atoms with Crippen LogP contribution in [-0.4, -0.2) is 100 Å². The molecule has 3 saturated heterocycles. The summed E-state index contributed by atoms with van der Waals surface area (Å²) in [7, 11) is 0. The zero-order valence-electron chi connectivity index (χ0n) is 32.5. The van der Waals surface area contributed by atoms with Gasteiger partial charge < -0.3 is 20.3 Å². The maximum absolute atomic E-state index is 13.7. The Morgan fingerprint density at radius 3 is 2.55 bits per heavy atom. The first kappa shape index (κ1) is 42.0. The van der Waals surface area contributed by atoms with Crippen LogP contribution in [0.2, 0.25) is 0 Å². The largest absolute Gasteiger partial charge is 0.492 e. The van der Waals surface area contributed by atoms with Gasteiger partial charge in [-0.15, -0.1) is 0 Å². The van der Waals surface area contributed by atoms with Crippen LogP contribution in [-0.2, 0) is 31.8 Å². The van der Waals surface area contributed by atoms with E-state index in [-0.39, 0.29) is 47.5 Å². The van der Waals surface area contributed by atoms with Crippen molar-refractivity contribution in [3.05, 3.63) is 71.5 Å². The quantitative estimate of drug-likeness (QED) is 0.171. The van der Waals surface area contributed by atoms with Gasteiger partial charge in [-0.1, -0.05) is 13.0 Å². The van der Waals surface area contributed by atoms with Crippen LogP contribution < -0.4 is 30.5 Å². The molecule has 14 nitrogen and oxygen atoms in total. The van der Waals surface area contributed by atoms with Gasteiger partial charge in [0.25, 0.3) is 5.91 Å². The second kappa shape index (κ2) is 17.1. The first-order valence-corrected chi connectivity index (χ1v) is 19.3. The van der Waals surface area contributed by atoms with Crippen LogP contribution in [0, 0.1) is 11.3 Å². The summed E-state index contributed by atoms with van der Waals surface area (Å²) < 4.78 is 47.4. The average Bonchev–Trinajstić information content (AvgIpc) is 3.35. The lowest BCUT2D eigenvalue weighted by Crippen LogP contribution is -2.54. The van der Waals surface area contributed by atoms with Gasteiger partial charge in [-0.2, -0.15) is 18.4 Å². The predicted molar refractivity (Wildman–Crippen MR) is 214 cm³/mol. The molecule has 3 aliphatic rings. The highest BCUT2D eigenvalue weighted by atomic mass is 32.1. The Bertz CT molecular complexity index is 2160. The lowest BCUT2D eigenvalue weighted by Gasteiger charge is -2.39. The SMILES string of the molecule is CCc1cc(N2C(=S)N(c3cnc(C#N)c(C(F)(F)F)c3)C(=O)C2(C)C)ccc1OCCN1CCN(CC(=O)Nc2cccc(N[C@H]3CCC(=O)NC3=O)c2)[C@H](C)C1. The number of amides is 4. The lowest BCUT2D eigenvalue weighted by molar-refractivity contribution is -0.138. The second-order valence-electron chi connectivity index (χ2n) is 14.9. The van der Waals surface area contributed by atoms with Crippen molar-refractivity contribution in [1.82, 2.24) is 20.1 Å². The van der Waals surface area contributed by atoms with Crippen LogP contribution in [0.3, 0.4) is 0 Å². The minimum absolute atomic E-state index is 0.0235. The molecule has 3 N–H and O–H groups in total. The Balaban J connectivity index is 1.01. The molecule has 6 rings (SSSR count). The van der Waals surface area contributed by atoms with Crippen LogP contribution in [0.15, 0.2) is 54.7 Å². The lowest BCUT2D eigenvalue weighted by atomic mass is 10.0.